The van der Waals surface area contributed by atoms with Crippen molar-refractivity contribution >= 4 is 17.3 Å². The first-order chi connectivity index (χ1) is 10.2. The van der Waals surface area contributed by atoms with E-state index in [1.54, 1.807) is 0 Å². The first-order valence-corrected chi connectivity index (χ1v) is 6.81. The molecule has 0 aliphatic heterocycles. The highest BCUT2D eigenvalue weighted by atomic mass is 19.1. The van der Waals surface area contributed by atoms with Crippen molar-refractivity contribution in [2.24, 2.45) is 5.84 Å². The lowest BCUT2D eigenvalue weighted by Crippen LogP contribution is -2.19. The second kappa shape index (κ2) is 6.85. The molecule has 110 valence electrons. The minimum absolute atomic E-state index is 0.0111. The Labute approximate surface area is 123 Å². The lowest BCUT2D eigenvalue weighted by atomic mass is 10.1. The molecule has 0 atom stereocenters. The molecule has 0 aliphatic carbocycles. The number of carbonyl (C=O) groups excluding carboxylic acids is 1. The van der Waals surface area contributed by atoms with E-state index >= 15 is 0 Å². The number of anilines is 2. The third-order valence-electron chi connectivity index (χ3n) is 3.19. The molecule has 4 N–H and O–H groups in total. The van der Waals surface area contributed by atoms with Crippen molar-refractivity contribution in [2.75, 3.05) is 10.7 Å². The summed E-state index contributed by atoms with van der Waals surface area (Å²) in [5.41, 5.74) is 4.17. The van der Waals surface area contributed by atoms with E-state index in [9.17, 15) is 9.18 Å². The second-order valence-electron chi connectivity index (χ2n) is 4.67. The molecule has 1 amide bonds. The molecule has 5 heteroatoms. The molecular formula is C16H18FN3O. The zero-order chi connectivity index (χ0) is 15.2. The van der Waals surface area contributed by atoms with Crippen LogP contribution in [-0.4, -0.2) is 5.91 Å². The van der Waals surface area contributed by atoms with Gasteiger partial charge in [-0.15, -0.1) is 0 Å². The average Bonchev–Trinajstić information content (AvgIpc) is 2.49. The van der Waals surface area contributed by atoms with Crippen LogP contribution in [0.25, 0.3) is 0 Å². The number of carbonyl (C=O) groups is 1. The maximum atomic E-state index is 13.6. The van der Waals surface area contributed by atoms with Crippen molar-refractivity contribution in [1.82, 2.24) is 0 Å². The van der Waals surface area contributed by atoms with E-state index in [1.807, 2.05) is 24.3 Å². The molecule has 4 nitrogen and oxygen atoms in total. The van der Waals surface area contributed by atoms with Gasteiger partial charge in [0, 0.05) is 5.69 Å². The highest BCUT2D eigenvalue weighted by Gasteiger charge is 2.15. The van der Waals surface area contributed by atoms with E-state index < -0.39 is 11.7 Å². The van der Waals surface area contributed by atoms with E-state index in [2.05, 4.69) is 17.7 Å². The summed E-state index contributed by atoms with van der Waals surface area (Å²) in [5.74, 6) is 4.33. The zero-order valence-electron chi connectivity index (χ0n) is 11.8. The summed E-state index contributed by atoms with van der Waals surface area (Å²) < 4.78 is 13.6. The summed E-state index contributed by atoms with van der Waals surface area (Å²) in [4.78, 5) is 12.3. The summed E-state index contributed by atoms with van der Waals surface area (Å²) >= 11 is 0. The normalized spacial score (nSPS) is 10.2. The zero-order valence-corrected chi connectivity index (χ0v) is 11.8. The van der Waals surface area contributed by atoms with Crippen LogP contribution in [0.5, 0.6) is 0 Å². The standard InChI is InChI=1S/C16H18FN3O/c1-2-6-11-7-3-4-10-14(11)19-16(21)12-8-5-9-13(17)15(12)20-18/h3-5,7-10,20H,2,6,18H2,1H3,(H,19,21). The summed E-state index contributed by atoms with van der Waals surface area (Å²) in [6.07, 6.45) is 1.84. The van der Waals surface area contributed by atoms with Gasteiger partial charge in [0.1, 0.15) is 5.82 Å². The molecule has 0 unspecified atom stereocenters. The third-order valence-corrected chi connectivity index (χ3v) is 3.19. The number of nitrogens with two attached hydrogens (primary N) is 1. The number of rotatable bonds is 5. The number of amides is 1. The molecular weight excluding hydrogens is 269 g/mol. The van der Waals surface area contributed by atoms with Crippen LogP contribution in [0.1, 0.15) is 29.3 Å². The number of para-hydroxylation sites is 2. The fourth-order valence-electron chi connectivity index (χ4n) is 2.18. The Hall–Kier alpha value is -2.40. The van der Waals surface area contributed by atoms with Crippen molar-refractivity contribution in [3.8, 4) is 0 Å². The van der Waals surface area contributed by atoms with Crippen molar-refractivity contribution in [2.45, 2.75) is 19.8 Å². The largest absolute Gasteiger partial charge is 0.322 e. The minimum atomic E-state index is -0.563. The molecule has 0 saturated heterocycles. The van der Waals surface area contributed by atoms with Crippen molar-refractivity contribution in [3.63, 3.8) is 0 Å². The summed E-state index contributed by atoms with van der Waals surface area (Å²) in [7, 11) is 0. The van der Waals surface area contributed by atoms with Crippen LogP contribution in [-0.2, 0) is 6.42 Å². The molecule has 2 rings (SSSR count). The van der Waals surface area contributed by atoms with Crippen molar-refractivity contribution < 1.29 is 9.18 Å². The van der Waals surface area contributed by atoms with Gasteiger partial charge in [0.2, 0.25) is 0 Å². The maximum Gasteiger partial charge on any atom is 0.257 e. The molecule has 2 aromatic rings. The van der Waals surface area contributed by atoms with Gasteiger partial charge < -0.3 is 10.7 Å². The Morgan fingerprint density at radius 3 is 2.67 bits per heavy atom. The smallest absolute Gasteiger partial charge is 0.257 e. The Kier molecular flexibility index (Phi) is 4.90. The van der Waals surface area contributed by atoms with E-state index in [0.29, 0.717) is 0 Å². The van der Waals surface area contributed by atoms with E-state index in [0.717, 1.165) is 24.1 Å². The highest BCUT2D eigenvalue weighted by Crippen LogP contribution is 2.22. The minimum Gasteiger partial charge on any atom is -0.322 e. The number of hydrogen-bond acceptors (Lipinski definition) is 3. The van der Waals surface area contributed by atoms with E-state index in [1.165, 1.54) is 18.2 Å². The van der Waals surface area contributed by atoms with Crippen molar-refractivity contribution in [3.05, 3.63) is 59.4 Å². The number of hydrazine groups is 1. The van der Waals surface area contributed by atoms with Gasteiger partial charge in [0.05, 0.1) is 11.3 Å². The molecule has 0 heterocycles. The summed E-state index contributed by atoms with van der Waals surface area (Å²) in [5, 5.41) is 2.81. The SMILES string of the molecule is CCCc1ccccc1NC(=O)c1cccc(F)c1NN. The Morgan fingerprint density at radius 2 is 1.95 bits per heavy atom. The number of aryl methyl sites for hydroxylation is 1. The Bertz CT molecular complexity index is 643. The molecule has 0 bridgehead atoms. The summed E-state index contributed by atoms with van der Waals surface area (Å²) in [6.45, 7) is 2.07. The topological polar surface area (TPSA) is 67.2 Å². The lowest BCUT2D eigenvalue weighted by Gasteiger charge is -2.13. The van der Waals surface area contributed by atoms with Crippen LogP contribution in [0.4, 0.5) is 15.8 Å². The molecule has 0 aromatic heterocycles. The van der Waals surface area contributed by atoms with Gasteiger partial charge in [-0.25, -0.2) is 4.39 Å². The van der Waals surface area contributed by atoms with Gasteiger partial charge in [-0.1, -0.05) is 37.6 Å². The maximum absolute atomic E-state index is 13.6. The van der Waals surface area contributed by atoms with Crippen LogP contribution in [0, 0.1) is 5.82 Å². The molecule has 2 aromatic carbocycles. The highest BCUT2D eigenvalue weighted by molar-refractivity contribution is 6.08. The number of benzene rings is 2. The first kappa shape index (κ1) is 15.0. The average molecular weight is 287 g/mol. The first-order valence-electron chi connectivity index (χ1n) is 6.81. The fourth-order valence-corrected chi connectivity index (χ4v) is 2.18. The molecule has 0 saturated carbocycles. The predicted molar refractivity (Wildman–Crippen MR) is 82.6 cm³/mol. The predicted octanol–water partition coefficient (Wildman–Crippen LogP) is 3.32. The number of halogens is 1. The van der Waals surface area contributed by atoms with Gasteiger partial charge in [0.15, 0.2) is 0 Å². The van der Waals surface area contributed by atoms with Gasteiger partial charge >= 0.3 is 0 Å². The van der Waals surface area contributed by atoms with Crippen LogP contribution in [0.3, 0.4) is 0 Å². The number of nitrogen functional groups attached to an aromatic ring is 1. The van der Waals surface area contributed by atoms with Crippen molar-refractivity contribution in [1.29, 1.82) is 0 Å². The summed E-state index contributed by atoms with van der Waals surface area (Å²) in [6, 6.07) is 11.8. The quantitative estimate of drug-likeness (QED) is 0.584. The van der Waals surface area contributed by atoms with E-state index in [-0.39, 0.29) is 11.3 Å². The van der Waals surface area contributed by atoms with Crippen LogP contribution < -0.4 is 16.6 Å². The third kappa shape index (κ3) is 3.38. The van der Waals surface area contributed by atoms with Crippen LogP contribution in [0.15, 0.2) is 42.5 Å². The molecule has 0 spiro atoms. The molecule has 21 heavy (non-hydrogen) atoms. The van der Waals surface area contributed by atoms with Gasteiger partial charge in [-0.3, -0.25) is 10.6 Å². The molecule has 0 fully saturated rings. The fraction of sp³-hybridized carbons (Fsp3) is 0.188. The molecule has 0 aliphatic rings. The second-order valence-corrected chi connectivity index (χ2v) is 4.67. The van der Waals surface area contributed by atoms with E-state index in [4.69, 9.17) is 5.84 Å². The number of nitrogens with one attached hydrogen (secondary N) is 2. The Morgan fingerprint density at radius 1 is 1.19 bits per heavy atom. The number of hydrogen-bond donors (Lipinski definition) is 3. The van der Waals surface area contributed by atoms with Crippen LogP contribution in [0.2, 0.25) is 0 Å². The monoisotopic (exact) mass is 287 g/mol. The Balaban J connectivity index is 2.29. The van der Waals surface area contributed by atoms with Gasteiger partial charge in [-0.2, -0.15) is 0 Å². The lowest BCUT2D eigenvalue weighted by molar-refractivity contribution is 0.102. The van der Waals surface area contributed by atoms with Crippen LogP contribution >= 0.6 is 0 Å². The van der Waals surface area contributed by atoms with Gasteiger partial charge in [0.25, 0.3) is 5.91 Å². The molecule has 0 radical (unpaired) electrons. The van der Waals surface area contributed by atoms with Gasteiger partial charge in [-0.05, 0) is 30.2 Å².